The monoisotopic (exact) mass is 263 g/mol. The third-order valence-corrected chi connectivity index (χ3v) is 3.06. The maximum absolute atomic E-state index is 5.79. The normalized spacial score (nSPS) is 11.2. The Bertz CT molecular complexity index is 928. The lowest BCUT2D eigenvalue weighted by molar-refractivity contribution is 1.21. The van der Waals surface area contributed by atoms with E-state index in [1.165, 1.54) is 6.33 Å². The van der Waals surface area contributed by atoms with Crippen LogP contribution in [-0.4, -0.2) is 29.9 Å². The van der Waals surface area contributed by atoms with Crippen LogP contribution in [0.5, 0.6) is 0 Å². The van der Waals surface area contributed by atoms with Gasteiger partial charge in [0.1, 0.15) is 17.7 Å². The Labute approximate surface area is 112 Å². The van der Waals surface area contributed by atoms with E-state index >= 15 is 0 Å². The summed E-state index contributed by atoms with van der Waals surface area (Å²) < 4.78 is 0. The SMILES string of the molecule is Nc1ncnc2nc(-c3ccc4nccnc4c3)[nH]c12. The molecular weight excluding hydrogens is 254 g/mol. The molecule has 0 saturated heterocycles. The molecular formula is C13H9N7. The molecule has 0 fully saturated rings. The fourth-order valence-corrected chi connectivity index (χ4v) is 2.09. The molecule has 0 radical (unpaired) electrons. The molecule has 0 aliphatic rings. The highest BCUT2D eigenvalue weighted by atomic mass is 15.0. The number of hydrogen-bond donors (Lipinski definition) is 2. The summed E-state index contributed by atoms with van der Waals surface area (Å²) in [6, 6.07) is 5.75. The van der Waals surface area contributed by atoms with Crippen LogP contribution >= 0.6 is 0 Å². The number of H-pyrrole nitrogens is 1. The van der Waals surface area contributed by atoms with Crippen molar-refractivity contribution in [2.45, 2.75) is 0 Å². The highest BCUT2D eigenvalue weighted by Crippen LogP contribution is 2.23. The second-order valence-electron chi connectivity index (χ2n) is 4.30. The van der Waals surface area contributed by atoms with Crippen LogP contribution in [0.25, 0.3) is 33.6 Å². The molecule has 3 aromatic heterocycles. The smallest absolute Gasteiger partial charge is 0.183 e. The summed E-state index contributed by atoms with van der Waals surface area (Å²) in [4.78, 5) is 24.1. The van der Waals surface area contributed by atoms with Gasteiger partial charge in [-0.05, 0) is 18.2 Å². The van der Waals surface area contributed by atoms with Gasteiger partial charge < -0.3 is 10.7 Å². The third-order valence-electron chi connectivity index (χ3n) is 3.06. The molecule has 4 rings (SSSR count). The van der Waals surface area contributed by atoms with Crippen LogP contribution in [0.4, 0.5) is 5.82 Å². The van der Waals surface area contributed by atoms with Crippen molar-refractivity contribution in [3.8, 4) is 11.4 Å². The summed E-state index contributed by atoms with van der Waals surface area (Å²) in [5, 5.41) is 0. The molecule has 20 heavy (non-hydrogen) atoms. The molecule has 7 nitrogen and oxygen atoms in total. The van der Waals surface area contributed by atoms with E-state index in [0.717, 1.165) is 16.6 Å². The van der Waals surface area contributed by atoms with Gasteiger partial charge in [-0.15, -0.1) is 0 Å². The predicted molar refractivity (Wildman–Crippen MR) is 74.6 cm³/mol. The van der Waals surface area contributed by atoms with E-state index < -0.39 is 0 Å². The highest BCUT2D eigenvalue weighted by Gasteiger charge is 2.09. The number of aromatic nitrogens is 6. The second kappa shape index (κ2) is 3.95. The first-order valence-corrected chi connectivity index (χ1v) is 5.98. The summed E-state index contributed by atoms with van der Waals surface area (Å²) >= 11 is 0. The zero-order valence-electron chi connectivity index (χ0n) is 10.3. The molecule has 1 aromatic carbocycles. The van der Waals surface area contributed by atoms with E-state index in [9.17, 15) is 0 Å². The molecule has 0 saturated carbocycles. The molecule has 0 atom stereocenters. The first-order valence-electron chi connectivity index (χ1n) is 5.98. The number of fused-ring (bicyclic) bond motifs is 2. The number of nitrogens with two attached hydrogens (primary N) is 1. The number of rotatable bonds is 1. The van der Waals surface area contributed by atoms with Crippen LogP contribution in [0, 0.1) is 0 Å². The van der Waals surface area contributed by atoms with E-state index in [1.807, 2.05) is 18.2 Å². The molecule has 0 bridgehead atoms. The van der Waals surface area contributed by atoms with Gasteiger partial charge in [0.2, 0.25) is 0 Å². The Morgan fingerprint density at radius 1 is 0.950 bits per heavy atom. The Kier molecular flexibility index (Phi) is 2.13. The van der Waals surface area contributed by atoms with E-state index in [0.29, 0.717) is 22.8 Å². The zero-order chi connectivity index (χ0) is 13.5. The van der Waals surface area contributed by atoms with Gasteiger partial charge >= 0.3 is 0 Å². The van der Waals surface area contributed by atoms with Gasteiger partial charge in [-0.1, -0.05) is 0 Å². The number of nitrogen functional groups attached to an aromatic ring is 1. The Morgan fingerprint density at radius 3 is 2.65 bits per heavy atom. The van der Waals surface area contributed by atoms with Crippen LogP contribution in [-0.2, 0) is 0 Å². The summed E-state index contributed by atoms with van der Waals surface area (Å²) in [6.45, 7) is 0. The number of anilines is 1. The fourth-order valence-electron chi connectivity index (χ4n) is 2.09. The van der Waals surface area contributed by atoms with E-state index in [-0.39, 0.29) is 0 Å². The van der Waals surface area contributed by atoms with Gasteiger partial charge in [0.05, 0.1) is 11.0 Å². The van der Waals surface area contributed by atoms with Crippen molar-refractivity contribution in [2.24, 2.45) is 0 Å². The molecule has 96 valence electrons. The van der Waals surface area contributed by atoms with Gasteiger partial charge in [0.25, 0.3) is 0 Å². The molecule has 4 aromatic rings. The van der Waals surface area contributed by atoms with Crippen LogP contribution < -0.4 is 5.73 Å². The molecule has 3 heterocycles. The third kappa shape index (κ3) is 1.57. The predicted octanol–water partition coefficient (Wildman–Crippen LogP) is 1.55. The highest BCUT2D eigenvalue weighted by molar-refractivity contribution is 5.86. The largest absolute Gasteiger partial charge is 0.382 e. The van der Waals surface area contributed by atoms with Crippen LogP contribution in [0.1, 0.15) is 0 Å². The van der Waals surface area contributed by atoms with E-state index in [2.05, 4.69) is 29.9 Å². The minimum absolute atomic E-state index is 0.384. The number of imidazole rings is 1. The minimum Gasteiger partial charge on any atom is -0.382 e. The zero-order valence-corrected chi connectivity index (χ0v) is 10.3. The fraction of sp³-hybridized carbons (Fsp3) is 0. The topological polar surface area (TPSA) is 106 Å². The van der Waals surface area contributed by atoms with Gasteiger partial charge in [-0.2, -0.15) is 0 Å². The summed E-state index contributed by atoms with van der Waals surface area (Å²) in [5.74, 6) is 1.06. The van der Waals surface area contributed by atoms with Crippen molar-refractivity contribution in [1.82, 2.24) is 29.9 Å². The van der Waals surface area contributed by atoms with Gasteiger partial charge in [0, 0.05) is 18.0 Å². The molecule has 0 amide bonds. The second-order valence-corrected chi connectivity index (χ2v) is 4.30. The molecule has 0 spiro atoms. The number of benzene rings is 1. The maximum Gasteiger partial charge on any atom is 0.183 e. The summed E-state index contributed by atoms with van der Waals surface area (Å²) in [5.41, 5.74) is 9.53. The average Bonchev–Trinajstić information content (AvgIpc) is 2.92. The van der Waals surface area contributed by atoms with E-state index in [4.69, 9.17) is 5.73 Å². The average molecular weight is 263 g/mol. The van der Waals surface area contributed by atoms with Crippen molar-refractivity contribution < 1.29 is 0 Å². The molecule has 3 N–H and O–H groups in total. The number of hydrogen-bond acceptors (Lipinski definition) is 6. The molecule has 0 aliphatic heterocycles. The summed E-state index contributed by atoms with van der Waals surface area (Å²) in [7, 11) is 0. The van der Waals surface area contributed by atoms with Gasteiger partial charge in [-0.25, -0.2) is 15.0 Å². The van der Waals surface area contributed by atoms with Crippen molar-refractivity contribution >= 4 is 28.0 Å². The maximum atomic E-state index is 5.79. The van der Waals surface area contributed by atoms with Crippen LogP contribution in [0.3, 0.4) is 0 Å². The standard InChI is InChI=1S/C13H9N7/c14-11-10-13(18-6-17-11)20-12(19-10)7-1-2-8-9(5-7)16-4-3-15-8/h1-6H,(H3,14,17,18,19,20). The quantitative estimate of drug-likeness (QED) is 0.539. The van der Waals surface area contributed by atoms with Crippen LogP contribution in [0.15, 0.2) is 36.9 Å². The van der Waals surface area contributed by atoms with Crippen LogP contribution in [0.2, 0.25) is 0 Å². The van der Waals surface area contributed by atoms with E-state index in [1.54, 1.807) is 12.4 Å². The van der Waals surface area contributed by atoms with Gasteiger partial charge in [-0.3, -0.25) is 9.97 Å². The number of nitrogens with zero attached hydrogens (tertiary/aromatic N) is 5. The Hall–Kier alpha value is -3.09. The summed E-state index contributed by atoms with van der Waals surface area (Å²) in [6.07, 6.45) is 4.72. The minimum atomic E-state index is 0.384. The lowest BCUT2D eigenvalue weighted by Gasteiger charge is -1.99. The lowest BCUT2D eigenvalue weighted by Crippen LogP contribution is -1.91. The Morgan fingerprint density at radius 2 is 1.80 bits per heavy atom. The molecule has 0 aliphatic carbocycles. The van der Waals surface area contributed by atoms with Crippen molar-refractivity contribution in [1.29, 1.82) is 0 Å². The molecule has 7 heteroatoms. The first-order chi connectivity index (χ1) is 9.81. The lowest BCUT2D eigenvalue weighted by atomic mass is 10.2. The van der Waals surface area contributed by atoms with Crippen molar-refractivity contribution in [3.63, 3.8) is 0 Å². The number of aromatic amines is 1. The van der Waals surface area contributed by atoms with Crippen molar-refractivity contribution in [3.05, 3.63) is 36.9 Å². The molecule has 0 unspecified atom stereocenters. The number of nitrogens with one attached hydrogen (secondary N) is 1. The van der Waals surface area contributed by atoms with Gasteiger partial charge in [0.15, 0.2) is 11.5 Å². The van der Waals surface area contributed by atoms with Crippen molar-refractivity contribution in [2.75, 3.05) is 5.73 Å². The first kappa shape index (κ1) is 10.8. The Balaban J connectivity index is 1.94.